The zero-order valence-corrected chi connectivity index (χ0v) is 9.10. The van der Waals surface area contributed by atoms with E-state index < -0.39 is 0 Å². The Hall–Kier alpha value is -1.39. The van der Waals surface area contributed by atoms with Gasteiger partial charge in [-0.05, 0) is 24.5 Å². The first kappa shape index (κ1) is 9.81. The molecule has 1 aliphatic rings. The van der Waals surface area contributed by atoms with Crippen molar-refractivity contribution in [3.05, 3.63) is 35.9 Å². The molecule has 0 radical (unpaired) electrons. The van der Waals surface area contributed by atoms with Crippen LogP contribution in [-0.2, 0) is 11.3 Å². The van der Waals surface area contributed by atoms with E-state index in [4.69, 9.17) is 10.5 Å². The van der Waals surface area contributed by atoms with Crippen LogP contribution in [0.3, 0.4) is 0 Å². The molecule has 2 aromatic rings. The Balaban J connectivity index is 2.12. The van der Waals surface area contributed by atoms with Crippen molar-refractivity contribution in [1.82, 2.24) is 9.38 Å². The highest BCUT2D eigenvalue weighted by Gasteiger charge is 2.22. The first-order valence-electron chi connectivity index (χ1n) is 5.66. The predicted octanol–water partition coefficient (Wildman–Crippen LogP) is 1.64. The van der Waals surface area contributed by atoms with E-state index >= 15 is 0 Å². The maximum atomic E-state index is 5.71. The van der Waals surface area contributed by atoms with E-state index in [9.17, 15) is 0 Å². The van der Waals surface area contributed by atoms with Crippen molar-refractivity contribution < 1.29 is 4.74 Å². The van der Waals surface area contributed by atoms with Crippen LogP contribution in [0.4, 0.5) is 0 Å². The number of hydrogen-bond acceptors (Lipinski definition) is 3. The summed E-state index contributed by atoms with van der Waals surface area (Å²) in [5.41, 5.74) is 7.92. The van der Waals surface area contributed by atoms with Gasteiger partial charge in [0, 0.05) is 19.3 Å². The lowest BCUT2D eigenvalue weighted by Crippen LogP contribution is -2.04. The molecule has 2 aromatic heterocycles. The molecule has 4 heteroatoms. The van der Waals surface area contributed by atoms with Gasteiger partial charge in [0.25, 0.3) is 0 Å². The van der Waals surface area contributed by atoms with E-state index in [2.05, 4.69) is 9.38 Å². The lowest BCUT2D eigenvalue weighted by Gasteiger charge is -2.09. The van der Waals surface area contributed by atoms with Crippen molar-refractivity contribution in [3.8, 4) is 0 Å². The van der Waals surface area contributed by atoms with Gasteiger partial charge >= 0.3 is 0 Å². The third-order valence-corrected chi connectivity index (χ3v) is 3.12. The number of nitrogens with two attached hydrogens (primary N) is 1. The maximum absolute atomic E-state index is 5.71. The van der Waals surface area contributed by atoms with Gasteiger partial charge in [0.1, 0.15) is 11.9 Å². The Morgan fingerprint density at radius 3 is 3.25 bits per heavy atom. The number of fused-ring (bicyclic) bond motifs is 1. The summed E-state index contributed by atoms with van der Waals surface area (Å²) in [6.45, 7) is 1.39. The molecule has 16 heavy (non-hydrogen) atoms. The van der Waals surface area contributed by atoms with Gasteiger partial charge in [-0.15, -0.1) is 0 Å². The smallest absolute Gasteiger partial charge is 0.142 e. The molecule has 1 atom stereocenters. The summed E-state index contributed by atoms with van der Waals surface area (Å²) in [5.74, 6) is 1.00. The van der Waals surface area contributed by atoms with Crippen LogP contribution in [0.1, 0.15) is 30.3 Å². The number of aromatic nitrogens is 2. The Labute approximate surface area is 94.0 Å². The fraction of sp³-hybridized carbons (Fsp3) is 0.417. The first-order chi connectivity index (χ1) is 7.90. The molecule has 0 spiro atoms. The molecular weight excluding hydrogens is 202 g/mol. The lowest BCUT2D eigenvalue weighted by molar-refractivity contribution is 0.104. The number of rotatable bonds is 2. The lowest BCUT2D eigenvalue weighted by atomic mass is 10.2. The summed E-state index contributed by atoms with van der Waals surface area (Å²) in [6, 6.07) is 4.05. The van der Waals surface area contributed by atoms with Gasteiger partial charge in [0.15, 0.2) is 0 Å². The Kier molecular flexibility index (Phi) is 2.38. The second-order valence-electron chi connectivity index (χ2n) is 4.11. The van der Waals surface area contributed by atoms with E-state index in [1.807, 2.05) is 24.5 Å². The Bertz CT molecular complexity index is 500. The third kappa shape index (κ3) is 1.42. The van der Waals surface area contributed by atoms with Crippen LogP contribution in [0.2, 0.25) is 0 Å². The molecule has 84 valence electrons. The molecule has 2 N–H and O–H groups in total. The zero-order valence-electron chi connectivity index (χ0n) is 9.10. The van der Waals surface area contributed by atoms with Crippen LogP contribution in [-0.4, -0.2) is 16.0 Å². The summed E-state index contributed by atoms with van der Waals surface area (Å²) < 4.78 is 7.76. The minimum absolute atomic E-state index is 0.149. The van der Waals surface area contributed by atoms with Crippen LogP contribution < -0.4 is 5.73 Å². The molecule has 0 saturated carbocycles. The second kappa shape index (κ2) is 3.88. The third-order valence-electron chi connectivity index (χ3n) is 3.12. The van der Waals surface area contributed by atoms with Gasteiger partial charge in [-0.2, -0.15) is 0 Å². The van der Waals surface area contributed by atoms with Crippen molar-refractivity contribution in [2.45, 2.75) is 25.5 Å². The quantitative estimate of drug-likeness (QED) is 0.832. The first-order valence-corrected chi connectivity index (χ1v) is 5.66. The second-order valence-corrected chi connectivity index (χ2v) is 4.11. The van der Waals surface area contributed by atoms with Crippen LogP contribution in [0.25, 0.3) is 5.52 Å². The standard InChI is InChI=1S/C12H15N3O/c13-7-9-3-1-5-15-10(9)8-14-12(15)11-4-2-6-16-11/h1,3,5,8,11H,2,4,6-7,13H2. The molecule has 1 aliphatic heterocycles. The average Bonchev–Trinajstić information content (AvgIpc) is 2.96. The predicted molar refractivity (Wildman–Crippen MR) is 61.0 cm³/mol. The monoisotopic (exact) mass is 217 g/mol. The normalized spacial score (nSPS) is 20.7. The number of hydrogen-bond donors (Lipinski definition) is 1. The van der Waals surface area contributed by atoms with Crippen molar-refractivity contribution in [2.75, 3.05) is 6.61 Å². The molecule has 4 nitrogen and oxygen atoms in total. The molecule has 0 amide bonds. The molecule has 1 fully saturated rings. The van der Waals surface area contributed by atoms with Crippen LogP contribution in [0.5, 0.6) is 0 Å². The Morgan fingerprint density at radius 1 is 1.56 bits per heavy atom. The molecular formula is C12H15N3O. The van der Waals surface area contributed by atoms with E-state index in [0.29, 0.717) is 6.54 Å². The molecule has 1 unspecified atom stereocenters. The van der Waals surface area contributed by atoms with Gasteiger partial charge in [-0.25, -0.2) is 4.98 Å². The number of ether oxygens (including phenoxy) is 1. The summed E-state index contributed by atoms with van der Waals surface area (Å²) in [6.07, 6.45) is 6.25. The highest BCUT2D eigenvalue weighted by molar-refractivity contribution is 5.54. The minimum atomic E-state index is 0.149. The van der Waals surface area contributed by atoms with Crippen molar-refractivity contribution in [1.29, 1.82) is 0 Å². The van der Waals surface area contributed by atoms with Crippen molar-refractivity contribution in [2.24, 2.45) is 5.73 Å². The number of nitrogens with zero attached hydrogens (tertiary/aromatic N) is 2. The fourth-order valence-corrected chi connectivity index (χ4v) is 2.29. The molecule has 1 saturated heterocycles. The van der Waals surface area contributed by atoms with Crippen LogP contribution in [0.15, 0.2) is 24.5 Å². The van der Waals surface area contributed by atoms with Gasteiger partial charge in [-0.1, -0.05) is 6.07 Å². The molecule has 0 bridgehead atoms. The van der Waals surface area contributed by atoms with Gasteiger partial charge in [-0.3, -0.25) is 0 Å². The zero-order chi connectivity index (χ0) is 11.0. The molecule has 0 aliphatic carbocycles. The number of pyridine rings is 1. The molecule has 3 rings (SSSR count). The summed E-state index contributed by atoms with van der Waals surface area (Å²) in [5, 5.41) is 0. The molecule has 3 heterocycles. The average molecular weight is 217 g/mol. The largest absolute Gasteiger partial charge is 0.370 e. The van der Waals surface area contributed by atoms with Gasteiger partial charge in [0.05, 0.1) is 11.7 Å². The van der Waals surface area contributed by atoms with Crippen molar-refractivity contribution >= 4 is 5.52 Å². The molecule has 0 aromatic carbocycles. The highest BCUT2D eigenvalue weighted by atomic mass is 16.5. The SMILES string of the molecule is NCc1cccn2c(C3CCCO3)ncc12. The number of imidazole rings is 1. The summed E-state index contributed by atoms with van der Waals surface area (Å²) in [7, 11) is 0. The fourth-order valence-electron chi connectivity index (χ4n) is 2.29. The highest BCUT2D eigenvalue weighted by Crippen LogP contribution is 2.28. The van der Waals surface area contributed by atoms with Gasteiger partial charge < -0.3 is 14.9 Å². The van der Waals surface area contributed by atoms with Crippen LogP contribution in [0, 0.1) is 0 Å². The topological polar surface area (TPSA) is 52.5 Å². The van der Waals surface area contributed by atoms with E-state index in [1.54, 1.807) is 0 Å². The van der Waals surface area contributed by atoms with Crippen LogP contribution >= 0.6 is 0 Å². The summed E-state index contributed by atoms with van der Waals surface area (Å²) >= 11 is 0. The maximum Gasteiger partial charge on any atom is 0.142 e. The summed E-state index contributed by atoms with van der Waals surface area (Å²) in [4.78, 5) is 4.47. The van der Waals surface area contributed by atoms with E-state index in [0.717, 1.165) is 36.4 Å². The van der Waals surface area contributed by atoms with E-state index in [1.165, 1.54) is 0 Å². The van der Waals surface area contributed by atoms with E-state index in [-0.39, 0.29) is 6.10 Å². The minimum Gasteiger partial charge on any atom is -0.370 e. The Morgan fingerprint density at radius 2 is 2.50 bits per heavy atom. The van der Waals surface area contributed by atoms with Gasteiger partial charge in [0.2, 0.25) is 0 Å². The van der Waals surface area contributed by atoms with Crippen molar-refractivity contribution in [3.63, 3.8) is 0 Å².